The fourth-order valence-corrected chi connectivity index (χ4v) is 2.11. The molecule has 1 heterocycles. The fourth-order valence-electron chi connectivity index (χ4n) is 1.56. The van der Waals surface area contributed by atoms with Gasteiger partial charge in [0, 0.05) is 23.3 Å². The van der Waals surface area contributed by atoms with E-state index in [2.05, 4.69) is 26.2 Å². The second kappa shape index (κ2) is 6.87. The summed E-state index contributed by atoms with van der Waals surface area (Å²) in [4.78, 5) is 15.4. The lowest BCUT2D eigenvalue weighted by molar-refractivity contribution is 0.0958. The third-order valence-electron chi connectivity index (χ3n) is 2.67. The highest BCUT2D eigenvalue weighted by molar-refractivity contribution is 9.10. The van der Waals surface area contributed by atoms with Crippen LogP contribution in [0.4, 0.5) is 4.39 Å². The Bertz CT molecular complexity index is 682. The van der Waals surface area contributed by atoms with Crippen molar-refractivity contribution in [3.8, 4) is 5.75 Å². The van der Waals surface area contributed by atoms with Crippen molar-refractivity contribution in [3.05, 3.63) is 57.0 Å². The average Bonchev–Trinajstić information content (AvgIpc) is 2.48. The number of hydrogen-bond donors (Lipinski definition) is 1. The predicted octanol–water partition coefficient (Wildman–Crippen LogP) is 3.58. The van der Waals surface area contributed by atoms with Crippen LogP contribution in [0.25, 0.3) is 0 Å². The molecule has 0 spiro atoms. The van der Waals surface area contributed by atoms with Gasteiger partial charge in [0.2, 0.25) is 0 Å². The minimum Gasteiger partial charge on any atom is -0.486 e. The monoisotopic (exact) mass is 372 g/mol. The maximum absolute atomic E-state index is 13.5. The van der Waals surface area contributed by atoms with Crippen LogP contribution in [-0.2, 0) is 6.61 Å². The molecule has 1 aromatic heterocycles. The third kappa shape index (κ3) is 3.92. The number of rotatable bonds is 4. The molecule has 0 atom stereocenters. The number of carbonyl (C=O) groups is 1. The molecule has 110 valence electrons. The molecule has 1 N–H and O–H groups in total. The van der Waals surface area contributed by atoms with Crippen molar-refractivity contribution in [2.45, 2.75) is 6.61 Å². The van der Waals surface area contributed by atoms with Crippen molar-refractivity contribution < 1.29 is 13.9 Å². The van der Waals surface area contributed by atoms with Crippen LogP contribution < -0.4 is 10.1 Å². The maximum Gasteiger partial charge on any atom is 0.269 e. The number of nitrogens with zero attached hydrogens (tertiary/aromatic N) is 1. The second-order valence-electron chi connectivity index (χ2n) is 4.10. The first-order chi connectivity index (χ1) is 10.0. The van der Waals surface area contributed by atoms with E-state index in [9.17, 15) is 9.18 Å². The molecule has 0 saturated heterocycles. The van der Waals surface area contributed by atoms with Gasteiger partial charge in [0.15, 0.2) is 11.6 Å². The van der Waals surface area contributed by atoms with Gasteiger partial charge in [0.25, 0.3) is 5.91 Å². The van der Waals surface area contributed by atoms with E-state index in [0.29, 0.717) is 15.1 Å². The van der Waals surface area contributed by atoms with E-state index in [-0.39, 0.29) is 24.0 Å². The number of pyridine rings is 1. The van der Waals surface area contributed by atoms with Gasteiger partial charge in [-0.2, -0.15) is 0 Å². The van der Waals surface area contributed by atoms with Crippen LogP contribution in [0.1, 0.15) is 16.1 Å². The first kappa shape index (κ1) is 15.7. The first-order valence-electron chi connectivity index (χ1n) is 5.95. The van der Waals surface area contributed by atoms with Crippen molar-refractivity contribution in [1.29, 1.82) is 0 Å². The van der Waals surface area contributed by atoms with E-state index in [1.165, 1.54) is 31.4 Å². The van der Waals surface area contributed by atoms with Gasteiger partial charge in [-0.05, 0) is 24.3 Å². The molecule has 7 heteroatoms. The van der Waals surface area contributed by atoms with Gasteiger partial charge in [-0.15, -0.1) is 0 Å². The molecule has 2 aromatic rings. The summed E-state index contributed by atoms with van der Waals surface area (Å²) in [6.07, 6.45) is 1.43. The molecule has 2 rings (SSSR count). The zero-order valence-corrected chi connectivity index (χ0v) is 13.3. The van der Waals surface area contributed by atoms with Gasteiger partial charge >= 0.3 is 0 Å². The Morgan fingerprint density at radius 3 is 2.90 bits per heavy atom. The van der Waals surface area contributed by atoms with E-state index >= 15 is 0 Å². The molecule has 0 fully saturated rings. The molecule has 1 amide bonds. The highest BCUT2D eigenvalue weighted by Crippen LogP contribution is 2.24. The number of carbonyl (C=O) groups excluding carboxylic acids is 1. The number of nitrogens with one attached hydrogen (secondary N) is 1. The summed E-state index contributed by atoms with van der Waals surface area (Å²) in [7, 11) is 1.50. The standard InChI is InChI=1S/C14H11BrClFN2O2/c1-18-14(20)12-5-10(16)8(6-19-12)7-21-13-4-9(15)2-3-11(13)17/h2-6H,7H2,1H3,(H,18,20). The zero-order valence-electron chi connectivity index (χ0n) is 11.0. The van der Waals surface area contributed by atoms with Crippen LogP contribution in [0.15, 0.2) is 34.9 Å². The molecule has 0 aliphatic carbocycles. The lowest BCUT2D eigenvalue weighted by Gasteiger charge is -2.09. The highest BCUT2D eigenvalue weighted by Gasteiger charge is 2.10. The summed E-state index contributed by atoms with van der Waals surface area (Å²) in [5.41, 5.74) is 0.767. The summed E-state index contributed by atoms with van der Waals surface area (Å²) >= 11 is 9.31. The van der Waals surface area contributed by atoms with Crippen molar-refractivity contribution >= 4 is 33.4 Å². The van der Waals surface area contributed by atoms with E-state index in [4.69, 9.17) is 16.3 Å². The third-order valence-corrected chi connectivity index (χ3v) is 3.51. The summed E-state index contributed by atoms with van der Waals surface area (Å²) < 4.78 is 19.6. The molecule has 0 unspecified atom stereocenters. The van der Waals surface area contributed by atoms with Gasteiger partial charge in [-0.1, -0.05) is 27.5 Å². The molecule has 4 nitrogen and oxygen atoms in total. The van der Waals surface area contributed by atoms with Crippen LogP contribution in [-0.4, -0.2) is 17.9 Å². The Labute approximate surface area is 134 Å². The number of hydrogen-bond acceptors (Lipinski definition) is 3. The molecule has 0 aliphatic heterocycles. The largest absolute Gasteiger partial charge is 0.486 e. The fraction of sp³-hybridized carbons (Fsp3) is 0.143. The van der Waals surface area contributed by atoms with E-state index in [1.807, 2.05) is 0 Å². The normalized spacial score (nSPS) is 10.3. The Kier molecular flexibility index (Phi) is 5.14. The summed E-state index contributed by atoms with van der Waals surface area (Å²) in [5, 5.41) is 2.79. The minimum absolute atomic E-state index is 0.0488. The lowest BCUT2D eigenvalue weighted by atomic mass is 10.2. The molecule has 0 bridgehead atoms. The average molecular weight is 374 g/mol. The zero-order chi connectivity index (χ0) is 15.4. The van der Waals surface area contributed by atoms with Crippen LogP contribution in [0.5, 0.6) is 5.75 Å². The van der Waals surface area contributed by atoms with Crippen LogP contribution in [0.3, 0.4) is 0 Å². The Morgan fingerprint density at radius 2 is 2.24 bits per heavy atom. The number of halogens is 3. The second-order valence-corrected chi connectivity index (χ2v) is 5.43. The smallest absolute Gasteiger partial charge is 0.269 e. The Morgan fingerprint density at radius 1 is 1.48 bits per heavy atom. The summed E-state index contributed by atoms with van der Waals surface area (Å²) in [5.74, 6) is -0.692. The molecule has 1 aromatic carbocycles. The van der Waals surface area contributed by atoms with Crippen molar-refractivity contribution in [3.63, 3.8) is 0 Å². The van der Waals surface area contributed by atoms with Gasteiger partial charge in [0.05, 0.1) is 5.02 Å². The van der Waals surface area contributed by atoms with Crippen LogP contribution in [0, 0.1) is 5.82 Å². The van der Waals surface area contributed by atoms with Crippen molar-refractivity contribution in [1.82, 2.24) is 10.3 Å². The highest BCUT2D eigenvalue weighted by atomic mass is 79.9. The summed E-state index contributed by atoms with van der Waals surface area (Å²) in [6.45, 7) is 0.0488. The molecule has 0 radical (unpaired) electrons. The molecular weight excluding hydrogens is 363 g/mol. The number of aromatic nitrogens is 1. The quantitative estimate of drug-likeness (QED) is 0.891. The molecular formula is C14H11BrClFN2O2. The summed E-state index contributed by atoms with van der Waals surface area (Å²) in [6, 6.07) is 5.84. The Balaban J connectivity index is 2.13. The maximum atomic E-state index is 13.5. The molecule has 0 aliphatic rings. The topological polar surface area (TPSA) is 51.2 Å². The first-order valence-corrected chi connectivity index (χ1v) is 7.12. The van der Waals surface area contributed by atoms with Crippen LogP contribution in [0.2, 0.25) is 5.02 Å². The van der Waals surface area contributed by atoms with E-state index < -0.39 is 5.82 Å². The van der Waals surface area contributed by atoms with Crippen molar-refractivity contribution in [2.75, 3.05) is 7.05 Å². The van der Waals surface area contributed by atoms with Crippen molar-refractivity contribution in [2.24, 2.45) is 0 Å². The van der Waals surface area contributed by atoms with E-state index in [0.717, 1.165) is 0 Å². The number of ether oxygens (including phenoxy) is 1. The van der Waals surface area contributed by atoms with E-state index in [1.54, 1.807) is 6.07 Å². The van der Waals surface area contributed by atoms with Gasteiger partial charge < -0.3 is 10.1 Å². The van der Waals surface area contributed by atoms with Gasteiger partial charge in [0.1, 0.15) is 12.3 Å². The Hall–Kier alpha value is -1.66. The predicted molar refractivity (Wildman–Crippen MR) is 81.1 cm³/mol. The SMILES string of the molecule is CNC(=O)c1cc(Cl)c(COc2cc(Br)ccc2F)cn1. The van der Waals surface area contributed by atoms with Gasteiger partial charge in [-0.25, -0.2) is 4.39 Å². The number of benzene rings is 1. The molecule has 0 saturated carbocycles. The van der Waals surface area contributed by atoms with Crippen LogP contribution >= 0.6 is 27.5 Å². The lowest BCUT2D eigenvalue weighted by Crippen LogP contribution is -2.19. The molecule has 21 heavy (non-hydrogen) atoms. The minimum atomic E-state index is -0.468. The number of amides is 1. The van der Waals surface area contributed by atoms with Gasteiger partial charge in [-0.3, -0.25) is 9.78 Å².